The van der Waals surface area contributed by atoms with Crippen LogP contribution in [0.3, 0.4) is 0 Å². The summed E-state index contributed by atoms with van der Waals surface area (Å²) in [5.74, 6) is -0.897. The van der Waals surface area contributed by atoms with Crippen molar-refractivity contribution in [2.75, 3.05) is 13.2 Å². The summed E-state index contributed by atoms with van der Waals surface area (Å²) in [7, 11) is -3.85. The molecule has 0 bridgehead atoms. The van der Waals surface area contributed by atoms with Gasteiger partial charge in [0.1, 0.15) is 17.2 Å². The lowest BCUT2D eigenvalue weighted by molar-refractivity contribution is -0.135. The molecule has 1 aliphatic heterocycles. The Kier molecular flexibility index (Phi) is 3.53. The van der Waals surface area contributed by atoms with Crippen molar-refractivity contribution in [3.05, 3.63) is 23.8 Å². The van der Waals surface area contributed by atoms with Crippen molar-refractivity contribution in [2.45, 2.75) is 17.7 Å². The van der Waals surface area contributed by atoms with Gasteiger partial charge in [-0.1, -0.05) is 12.1 Å². The number of nitrogens with one attached hydrogen (secondary N) is 1. The molecule has 0 spiro atoms. The molecule has 1 heterocycles. The van der Waals surface area contributed by atoms with Crippen LogP contribution in [0, 0.1) is 0 Å². The molecule has 1 aromatic rings. The van der Waals surface area contributed by atoms with E-state index in [1.165, 1.54) is 6.07 Å². The third-order valence-corrected chi connectivity index (χ3v) is 4.03. The van der Waals surface area contributed by atoms with Gasteiger partial charge in [0.15, 0.2) is 0 Å². The number of hydrogen-bond acceptors (Lipinski definition) is 4. The van der Waals surface area contributed by atoms with E-state index in [0.29, 0.717) is 12.4 Å². The summed E-state index contributed by atoms with van der Waals surface area (Å²) in [6.07, 6.45) is 1.61. The number of fused-ring (bicyclic) bond motifs is 1. The van der Waals surface area contributed by atoms with Crippen molar-refractivity contribution < 1.29 is 23.1 Å². The fourth-order valence-electron chi connectivity index (χ4n) is 1.80. The van der Waals surface area contributed by atoms with Crippen LogP contribution in [0.25, 0.3) is 0 Å². The van der Waals surface area contributed by atoms with Crippen molar-refractivity contribution in [2.24, 2.45) is 0 Å². The summed E-state index contributed by atoms with van der Waals surface area (Å²) in [6.45, 7) is -0.176. The predicted octanol–water partition coefficient (Wildman–Crippen LogP) is 0.374. The Morgan fingerprint density at radius 1 is 1.44 bits per heavy atom. The van der Waals surface area contributed by atoms with Gasteiger partial charge in [-0.25, -0.2) is 8.42 Å². The number of para-hydroxylation sites is 1. The van der Waals surface area contributed by atoms with Gasteiger partial charge in [0.2, 0.25) is 10.0 Å². The second kappa shape index (κ2) is 4.95. The van der Waals surface area contributed by atoms with Crippen molar-refractivity contribution in [3.63, 3.8) is 0 Å². The van der Waals surface area contributed by atoms with Gasteiger partial charge in [0.05, 0.1) is 6.61 Å². The molecule has 1 aromatic carbocycles. The Bertz CT molecular complexity index is 567. The Hall–Kier alpha value is -1.60. The van der Waals surface area contributed by atoms with Gasteiger partial charge in [-0.15, -0.1) is 0 Å². The van der Waals surface area contributed by atoms with Crippen LogP contribution >= 0.6 is 0 Å². The lowest BCUT2D eigenvalue weighted by Gasteiger charge is -2.20. The molecule has 0 saturated carbocycles. The quantitative estimate of drug-likeness (QED) is 0.825. The van der Waals surface area contributed by atoms with Gasteiger partial charge in [-0.05, 0) is 24.5 Å². The molecule has 6 nitrogen and oxygen atoms in total. The third-order valence-electron chi connectivity index (χ3n) is 2.60. The van der Waals surface area contributed by atoms with E-state index in [0.717, 1.165) is 18.4 Å². The van der Waals surface area contributed by atoms with E-state index in [2.05, 4.69) is 0 Å². The second-order valence-electron chi connectivity index (χ2n) is 3.91. The highest BCUT2D eigenvalue weighted by atomic mass is 32.2. The molecule has 18 heavy (non-hydrogen) atoms. The minimum absolute atomic E-state index is 0.000880. The number of aryl methyl sites for hydroxylation is 1. The van der Waals surface area contributed by atoms with Gasteiger partial charge in [0, 0.05) is 0 Å². The highest BCUT2D eigenvalue weighted by Gasteiger charge is 2.24. The first-order chi connectivity index (χ1) is 8.50. The van der Waals surface area contributed by atoms with Crippen molar-refractivity contribution in [3.8, 4) is 5.75 Å². The van der Waals surface area contributed by atoms with E-state index >= 15 is 0 Å². The van der Waals surface area contributed by atoms with Gasteiger partial charge < -0.3 is 9.84 Å². The summed E-state index contributed by atoms with van der Waals surface area (Å²) < 4.78 is 31.3. The number of aliphatic carboxylic acids is 1. The van der Waals surface area contributed by atoms with E-state index in [1.807, 2.05) is 10.8 Å². The van der Waals surface area contributed by atoms with Crippen molar-refractivity contribution in [1.82, 2.24) is 4.72 Å². The van der Waals surface area contributed by atoms with Crippen molar-refractivity contribution in [1.29, 1.82) is 0 Å². The maximum absolute atomic E-state index is 12.0. The molecule has 0 fully saturated rings. The molecule has 0 aromatic heterocycles. The number of carboxylic acids is 1. The maximum Gasteiger partial charge on any atom is 0.318 e. The van der Waals surface area contributed by atoms with E-state index in [4.69, 9.17) is 9.84 Å². The standard InChI is InChI=1S/C11H13NO5S/c13-10(14)7-12-18(15,16)9-5-1-3-8-4-2-6-17-11(8)9/h1,3,5,12H,2,4,6-7H2,(H,13,14). The minimum Gasteiger partial charge on any atom is -0.492 e. The van der Waals surface area contributed by atoms with E-state index < -0.39 is 22.5 Å². The first-order valence-corrected chi connectivity index (χ1v) is 6.95. The Labute approximate surface area is 105 Å². The Morgan fingerprint density at radius 2 is 2.22 bits per heavy atom. The predicted molar refractivity (Wildman–Crippen MR) is 63.1 cm³/mol. The van der Waals surface area contributed by atoms with Gasteiger partial charge in [0.25, 0.3) is 0 Å². The SMILES string of the molecule is O=C(O)CNS(=O)(=O)c1cccc2c1OCCC2. The zero-order valence-corrected chi connectivity index (χ0v) is 10.4. The average Bonchev–Trinajstić information content (AvgIpc) is 2.36. The van der Waals surface area contributed by atoms with Gasteiger partial charge >= 0.3 is 5.97 Å². The van der Waals surface area contributed by atoms with Crippen LogP contribution in [-0.4, -0.2) is 32.6 Å². The van der Waals surface area contributed by atoms with Crippen molar-refractivity contribution >= 4 is 16.0 Å². The summed E-state index contributed by atoms with van der Waals surface area (Å²) in [4.78, 5) is 10.4. The Balaban J connectivity index is 2.35. The molecule has 0 amide bonds. The normalized spacial score (nSPS) is 14.7. The summed E-state index contributed by atoms with van der Waals surface area (Å²) in [5.41, 5.74) is 0.833. The fourth-order valence-corrected chi connectivity index (χ4v) is 2.97. The number of ether oxygens (including phenoxy) is 1. The first-order valence-electron chi connectivity index (χ1n) is 5.47. The number of hydrogen-bond donors (Lipinski definition) is 2. The number of sulfonamides is 1. The molecule has 0 atom stereocenters. The third kappa shape index (κ3) is 2.62. The van der Waals surface area contributed by atoms with E-state index in [-0.39, 0.29) is 4.90 Å². The zero-order valence-electron chi connectivity index (χ0n) is 9.55. The molecule has 7 heteroatoms. The van der Waals surface area contributed by atoms with Crippen LogP contribution in [0.1, 0.15) is 12.0 Å². The molecule has 98 valence electrons. The topological polar surface area (TPSA) is 92.7 Å². The van der Waals surface area contributed by atoms with Crippen LogP contribution in [0.15, 0.2) is 23.1 Å². The van der Waals surface area contributed by atoms with E-state index in [9.17, 15) is 13.2 Å². The maximum atomic E-state index is 12.0. The molecular formula is C11H13NO5S. The number of carboxylic acid groups (broad SMARTS) is 1. The van der Waals surface area contributed by atoms with Crippen LogP contribution in [0.2, 0.25) is 0 Å². The van der Waals surface area contributed by atoms with Gasteiger partial charge in [-0.2, -0.15) is 4.72 Å². The summed E-state index contributed by atoms with van der Waals surface area (Å²) >= 11 is 0. The minimum atomic E-state index is -3.85. The zero-order chi connectivity index (χ0) is 13.2. The molecule has 0 radical (unpaired) electrons. The lowest BCUT2D eigenvalue weighted by Crippen LogP contribution is -2.30. The highest BCUT2D eigenvalue weighted by Crippen LogP contribution is 2.31. The van der Waals surface area contributed by atoms with Gasteiger partial charge in [-0.3, -0.25) is 4.79 Å². The monoisotopic (exact) mass is 271 g/mol. The summed E-state index contributed by atoms with van der Waals surface area (Å²) in [5, 5.41) is 8.50. The lowest BCUT2D eigenvalue weighted by atomic mass is 10.1. The Morgan fingerprint density at radius 3 is 2.94 bits per heavy atom. The fraction of sp³-hybridized carbons (Fsp3) is 0.364. The molecule has 0 saturated heterocycles. The first kappa shape index (κ1) is 12.8. The molecule has 0 unspecified atom stereocenters. The van der Waals surface area contributed by atoms with Crippen LogP contribution in [-0.2, 0) is 21.2 Å². The second-order valence-corrected chi connectivity index (χ2v) is 5.65. The molecule has 1 aliphatic rings. The number of benzene rings is 1. The number of carbonyl (C=O) groups is 1. The van der Waals surface area contributed by atoms with Crippen LogP contribution in [0.4, 0.5) is 0 Å². The molecule has 2 rings (SSSR count). The molecule has 2 N–H and O–H groups in total. The molecular weight excluding hydrogens is 258 g/mol. The largest absolute Gasteiger partial charge is 0.492 e. The van der Waals surface area contributed by atoms with E-state index in [1.54, 1.807) is 6.07 Å². The van der Waals surface area contributed by atoms with Crippen LogP contribution in [0.5, 0.6) is 5.75 Å². The van der Waals surface area contributed by atoms with Crippen LogP contribution < -0.4 is 9.46 Å². The smallest absolute Gasteiger partial charge is 0.318 e. The number of rotatable bonds is 4. The average molecular weight is 271 g/mol. The molecule has 0 aliphatic carbocycles. The highest BCUT2D eigenvalue weighted by molar-refractivity contribution is 7.89. The summed E-state index contributed by atoms with van der Waals surface area (Å²) in [6, 6.07) is 4.85.